The van der Waals surface area contributed by atoms with Gasteiger partial charge in [0.05, 0.1) is 5.69 Å². The molecule has 3 heterocycles. The van der Waals surface area contributed by atoms with Crippen molar-refractivity contribution in [3.8, 4) is 0 Å². The van der Waals surface area contributed by atoms with Crippen LogP contribution in [0.5, 0.6) is 0 Å². The highest BCUT2D eigenvalue weighted by Gasteiger charge is 2.45. The Bertz CT molecular complexity index is 401. The molecular formula is C13H21N3O. The monoisotopic (exact) mass is 235 g/mol. The molecule has 2 unspecified atom stereocenters. The van der Waals surface area contributed by atoms with Crippen LogP contribution in [0.15, 0.2) is 12.3 Å². The number of hydrogen-bond donors (Lipinski definition) is 1. The standard InChI is InChI=1S/C13H21N3O/c1-15-7-6-12(14-15)13(17)8-10-4-3-5-11(9-13)16(10)2/h6-7,10-11,17H,3-5,8-9H2,1-2H3. The summed E-state index contributed by atoms with van der Waals surface area (Å²) < 4.78 is 1.78. The Balaban J connectivity index is 1.89. The molecule has 4 heteroatoms. The number of hydrogen-bond acceptors (Lipinski definition) is 3. The summed E-state index contributed by atoms with van der Waals surface area (Å²) in [5, 5.41) is 15.3. The van der Waals surface area contributed by atoms with Crippen LogP contribution in [0.2, 0.25) is 0 Å². The minimum atomic E-state index is -0.705. The van der Waals surface area contributed by atoms with Crippen molar-refractivity contribution in [3.05, 3.63) is 18.0 Å². The molecule has 0 saturated carbocycles. The average Bonchev–Trinajstić information content (AvgIpc) is 2.68. The van der Waals surface area contributed by atoms with Gasteiger partial charge < -0.3 is 10.0 Å². The van der Waals surface area contributed by atoms with E-state index in [-0.39, 0.29) is 0 Å². The quantitative estimate of drug-likeness (QED) is 0.796. The molecule has 94 valence electrons. The van der Waals surface area contributed by atoms with E-state index in [4.69, 9.17) is 0 Å². The highest BCUT2D eigenvalue weighted by molar-refractivity contribution is 5.15. The number of fused-ring (bicyclic) bond motifs is 2. The van der Waals surface area contributed by atoms with E-state index in [0.29, 0.717) is 12.1 Å². The van der Waals surface area contributed by atoms with Gasteiger partial charge in [-0.2, -0.15) is 5.10 Å². The second-order valence-corrected chi connectivity index (χ2v) is 5.72. The third-order valence-electron chi connectivity index (χ3n) is 4.56. The third kappa shape index (κ3) is 1.79. The molecule has 2 aliphatic rings. The van der Waals surface area contributed by atoms with Crippen LogP contribution in [-0.2, 0) is 12.6 Å². The number of aliphatic hydroxyl groups is 1. The molecule has 1 N–H and O–H groups in total. The Morgan fingerprint density at radius 3 is 2.47 bits per heavy atom. The fraction of sp³-hybridized carbons (Fsp3) is 0.769. The van der Waals surface area contributed by atoms with Crippen molar-refractivity contribution < 1.29 is 5.11 Å². The van der Waals surface area contributed by atoms with Gasteiger partial charge in [0.1, 0.15) is 5.60 Å². The fourth-order valence-corrected chi connectivity index (χ4v) is 3.52. The zero-order valence-corrected chi connectivity index (χ0v) is 10.6. The zero-order valence-electron chi connectivity index (χ0n) is 10.6. The van der Waals surface area contributed by atoms with Crippen LogP contribution in [0.25, 0.3) is 0 Å². The second-order valence-electron chi connectivity index (χ2n) is 5.72. The Hall–Kier alpha value is -0.870. The van der Waals surface area contributed by atoms with E-state index in [9.17, 15) is 5.11 Å². The first-order valence-electron chi connectivity index (χ1n) is 6.53. The second kappa shape index (κ2) is 3.82. The van der Waals surface area contributed by atoms with Crippen molar-refractivity contribution in [2.45, 2.75) is 49.8 Å². The molecule has 0 aliphatic carbocycles. The summed E-state index contributed by atoms with van der Waals surface area (Å²) in [5.41, 5.74) is 0.147. The molecule has 2 fully saturated rings. The van der Waals surface area contributed by atoms with Crippen LogP contribution >= 0.6 is 0 Å². The molecule has 0 aromatic carbocycles. The summed E-state index contributed by atoms with van der Waals surface area (Å²) in [6.07, 6.45) is 7.30. The minimum absolute atomic E-state index is 0.523. The lowest BCUT2D eigenvalue weighted by atomic mass is 9.74. The van der Waals surface area contributed by atoms with Gasteiger partial charge in [0.25, 0.3) is 0 Å². The zero-order chi connectivity index (χ0) is 12.0. The summed E-state index contributed by atoms with van der Waals surface area (Å²) in [5.74, 6) is 0. The number of aryl methyl sites for hydroxylation is 1. The first-order chi connectivity index (χ1) is 8.08. The van der Waals surface area contributed by atoms with E-state index in [1.807, 2.05) is 19.3 Å². The first-order valence-corrected chi connectivity index (χ1v) is 6.53. The van der Waals surface area contributed by atoms with Crippen LogP contribution in [-0.4, -0.2) is 38.9 Å². The lowest BCUT2D eigenvalue weighted by Gasteiger charge is -2.50. The lowest BCUT2D eigenvalue weighted by Crippen LogP contribution is -2.55. The molecule has 0 spiro atoms. The van der Waals surface area contributed by atoms with Gasteiger partial charge in [-0.3, -0.25) is 4.68 Å². The molecule has 4 nitrogen and oxygen atoms in total. The topological polar surface area (TPSA) is 41.3 Å². The molecule has 1 aromatic rings. The van der Waals surface area contributed by atoms with Gasteiger partial charge >= 0.3 is 0 Å². The Morgan fingerprint density at radius 2 is 1.94 bits per heavy atom. The van der Waals surface area contributed by atoms with Gasteiger partial charge in [0, 0.05) is 25.3 Å². The van der Waals surface area contributed by atoms with Crippen LogP contribution in [0.4, 0.5) is 0 Å². The molecular weight excluding hydrogens is 214 g/mol. The molecule has 2 saturated heterocycles. The van der Waals surface area contributed by atoms with Crippen molar-refractivity contribution in [1.29, 1.82) is 0 Å². The molecule has 17 heavy (non-hydrogen) atoms. The highest BCUT2D eigenvalue weighted by atomic mass is 16.3. The summed E-state index contributed by atoms with van der Waals surface area (Å²) in [6.45, 7) is 0. The molecule has 3 rings (SSSR count). The third-order valence-corrected chi connectivity index (χ3v) is 4.56. The first kappa shape index (κ1) is 11.2. The molecule has 2 aliphatic heterocycles. The molecule has 2 bridgehead atoms. The van der Waals surface area contributed by atoms with Crippen molar-refractivity contribution in [2.75, 3.05) is 7.05 Å². The van der Waals surface area contributed by atoms with E-state index in [1.165, 1.54) is 19.3 Å². The smallest absolute Gasteiger partial charge is 0.111 e. The Kier molecular flexibility index (Phi) is 2.52. The van der Waals surface area contributed by atoms with E-state index >= 15 is 0 Å². The van der Waals surface area contributed by atoms with Gasteiger partial charge in [0.2, 0.25) is 0 Å². The molecule has 2 atom stereocenters. The van der Waals surface area contributed by atoms with E-state index in [2.05, 4.69) is 17.0 Å². The fourth-order valence-electron chi connectivity index (χ4n) is 3.52. The van der Waals surface area contributed by atoms with Crippen molar-refractivity contribution in [2.24, 2.45) is 7.05 Å². The molecule has 0 radical (unpaired) electrons. The van der Waals surface area contributed by atoms with Crippen molar-refractivity contribution in [3.63, 3.8) is 0 Å². The summed E-state index contributed by atoms with van der Waals surface area (Å²) in [7, 11) is 4.11. The van der Waals surface area contributed by atoms with Gasteiger partial charge in [-0.15, -0.1) is 0 Å². The van der Waals surface area contributed by atoms with Crippen molar-refractivity contribution >= 4 is 0 Å². The van der Waals surface area contributed by atoms with Gasteiger partial charge in [0.15, 0.2) is 0 Å². The number of piperidine rings is 2. The largest absolute Gasteiger partial charge is 0.383 e. The van der Waals surface area contributed by atoms with Gasteiger partial charge in [-0.05, 0) is 38.8 Å². The normalized spacial score (nSPS) is 38.3. The van der Waals surface area contributed by atoms with Crippen molar-refractivity contribution in [1.82, 2.24) is 14.7 Å². The predicted molar refractivity (Wildman–Crippen MR) is 65.5 cm³/mol. The molecule has 1 aromatic heterocycles. The predicted octanol–water partition coefficient (Wildman–Crippen LogP) is 1.25. The maximum absolute atomic E-state index is 10.9. The summed E-state index contributed by atoms with van der Waals surface area (Å²) in [4.78, 5) is 2.46. The number of rotatable bonds is 1. The summed E-state index contributed by atoms with van der Waals surface area (Å²) in [6, 6.07) is 3.00. The Labute approximate surface area is 102 Å². The SMILES string of the molecule is CN1C2CCCC1CC(O)(c1ccn(C)n1)C2. The van der Waals surface area contributed by atoms with Crippen LogP contribution in [0.1, 0.15) is 37.8 Å². The van der Waals surface area contributed by atoms with Crippen LogP contribution in [0, 0.1) is 0 Å². The summed E-state index contributed by atoms with van der Waals surface area (Å²) >= 11 is 0. The molecule has 0 amide bonds. The van der Waals surface area contributed by atoms with Gasteiger partial charge in [-0.1, -0.05) is 6.42 Å². The number of aromatic nitrogens is 2. The van der Waals surface area contributed by atoms with E-state index < -0.39 is 5.60 Å². The van der Waals surface area contributed by atoms with Gasteiger partial charge in [-0.25, -0.2) is 0 Å². The average molecular weight is 235 g/mol. The Morgan fingerprint density at radius 1 is 1.29 bits per heavy atom. The maximum atomic E-state index is 10.9. The van der Waals surface area contributed by atoms with Crippen LogP contribution < -0.4 is 0 Å². The lowest BCUT2D eigenvalue weighted by molar-refractivity contribution is -0.0900. The minimum Gasteiger partial charge on any atom is -0.383 e. The van der Waals surface area contributed by atoms with E-state index in [1.54, 1.807) is 4.68 Å². The van der Waals surface area contributed by atoms with Crippen LogP contribution in [0.3, 0.4) is 0 Å². The highest BCUT2D eigenvalue weighted by Crippen LogP contribution is 2.42. The maximum Gasteiger partial charge on any atom is 0.111 e. The van der Waals surface area contributed by atoms with E-state index in [0.717, 1.165) is 18.5 Å². The number of nitrogens with zero attached hydrogens (tertiary/aromatic N) is 3.